The summed E-state index contributed by atoms with van der Waals surface area (Å²) in [7, 11) is 0. The molecule has 1 saturated carbocycles. The number of rotatable bonds is 3. The van der Waals surface area contributed by atoms with E-state index in [0.717, 1.165) is 18.6 Å². The van der Waals surface area contributed by atoms with Gasteiger partial charge in [0.25, 0.3) is 0 Å². The predicted octanol–water partition coefficient (Wildman–Crippen LogP) is 4.47. The molecule has 0 spiro atoms. The van der Waals surface area contributed by atoms with Crippen molar-refractivity contribution in [1.29, 1.82) is 5.26 Å². The van der Waals surface area contributed by atoms with Crippen molar-refractivity contribution in [3.8, 4) is 17.7 Å². The van der Waals surface area contributed by atoms with Crippen molar-refractivity contribution in [2.75, 3.05) is 5.73 Å². The van der Waals surface area contributed by atoms with Gasteiger partial charge < -0.3 is 10.5 Å². The first-order valence-corrected chi connectivity index (χ1v) is 7.76. The number of hydrogen-bond donors (Lipinski definition) is 1. The van der Waals surface area contributed by atoms with Gasteiger partial charge in [-0.25, -0.2) is 0 Å². The van der Waals surface area contributed by atoms with E-state index in [1.165, 1.54) is 24.0 Å². The van der Waals surface area contributed by atoms with Crippen LogP contribution < -0.4 is 10.5 Å². The number of aromatic nitrogens is 1. The van der Waals surface area contributed by atoms with Gasteiger partial charge in [-0.3, -0.25) is 4.57 Å². The minimum atomic E-state index is 0.313. The number of aryl methyl sites for hydroxylation is 2. The highest BCUT2D eigenvalue weighted by Crippen LogP contribution is 2.40. The number of hydrogen-bond acceptors (Lipinski definition) is 3. The summed E-state index contributed by atoms with van der Waals surface area (Å²) in [5.41, 5.74) is 9.62. The highest BCUT2D eigenvalue weighted by atomic mass is 16.5. The van der Waals surface area contributed by atoms with E-state index in [1.807, 2.05) is 22.8 Å². The van der Waals surface area contributed by atoms with Crippen LogP contribution in [0.4, 0.5) is 5.69 Å². The van der Waals surface area contributed by atoms with E-state index in [0.29, 0.717) is 23.3 Å². The molecule has 1 heterocycles. The first-order valence-electron chi connectivity index (χ1n) is 7.76. The molecule has 2 N–H and O–H groups in total. The molecule has 0 atom stereocenters. The van der Waals surface area contributed by atoms with Crippen molar-refractivity contribution < 1.29 is 4.74 Å². The molecular weight excluding hydrogens is 274 g/mol. The maximum atomic E-state index is 9.38. The van der Waals surface area contributed by atoms with Crippen molar-refractivity contribution in [1.82, 2.24) is 4.57 Å². The molecule has 1 aliphatic carbocycles. The predicted molar refractivity (Wildman–Crippen MR) is 87.1 cm³/mol. The fourth-order valence-corrected chi connectivity index (χ4v) is 3.14. The number of nitrogens with two attached hydrogens (primary N) is 1. The Morgan fingerprint density at radius 3 is 2.55 bits per heavy atom. The molecule has 0 unspecified atom stereocenters. The average Bonchev–Trinajstić information content (AvgIpc) is 3.11. The Labute approximate surface area is 131 Å². The van der Waals surface area contributed by atoms with Crippen molar-refractivity contribution in [2.45, 2.75) is 45.6 Å². The van der Waals surface area contributed by atoms with E-state index < -0.39 is 0 Å². The highest BCUT2D eigenvalue weighted by molar-refractivity contribution is 5.57. The normalized spacial score (nSPS) is 15.0. The summed E-state index contributed by atoms with van der Waals surface area (Å²) < 4.78 is 8.04. The fourth-order valence-electron chi connectivity index (χ4n) is 3.14. The first-order chi connectivity index (χ1) is 10.6. The van der Waals surface area contributed by atoms with Crippen molar-refractivity contribution >= 4 is 5.69 Å². The molecule has 3 rings (SSSR count). The Hall–Kier alpha value is -2.41. The quantitative estimate of drug-likeness (QED) is 0.908. The van der Waals surface area contributed by atoms with Crippen LogP contribution in [-0.4, -0.2) is 4.57 Å². The van der Waals surface area contributed by atoms with E-state index >= 15 is 0 Å². The summed E-state index contributed by atoms with van der Waals surface area (Å²) in [4.78, 5) is 0. The molecular formula is C18H21N3O. The van der Waals surface area contributed by atoms with Crippen LogP contribution >= 0.6 is 0 Å². The molecule has 0 saturated heterocycles. The van der Waals surface area contributed by atoms with Gasteiger partial charge in [0.15, 0.2) is 0 Å². The third-order valence-electron chi connectivity index (χ3n) is 4.51. The zero-order valence-corrected chi connectivity index (χ0v) is 13.1. The Morgan fingerprint density at radius 2 is 1.91 bits per heavy atom. The lowest BCUT2D eigenvalue weighted by molar-refractivity contribution is 0.393. The summed E-state index contributed by atoms with van der Waals surface area (Å²) in [5.74, 6) is 1.36. The van der Waals surface area contributed by atoms with Gasteiger partial charge in [0.1, 0.15) is 17.5 Å². The lowest BCUT2D eigenvalue weighted by Gasteiger charge is -2.18. The van der Waals surface area contributed by atoms with Crippen molar-refractivity contribution in [3.63, 3.8) is 0 Å². The summed E-state index contributed by atoms with van der Waals surface area (Å²) in [6, 6.07) is 10.3. The van der Waals surface area contributed by atoms with E-state index in [2.05, 4.69) is 19.9 Å². The zero-order chi connectivity index (χ0) is 15.7. The van der Waals surface area contributed by atoms with Crippen LogP contribution in [0.25, 0.3) is 0 Å². The van der Waals surface area contributed by atoms with Crippen LogP contribution in [0.1, 0.15) is 48.5 Å². The summed E-state index contributed by atoms with van der Waals surface area (Å²) in [5, 5.41) is 9.38. The average molecular weight is 295 g/mol. The lowest BCUT2D eigenvalue weighted by Crippen LogP contribution is -2.09. The fraction of sp³-hybridized carbons (Fsp3) is 0.389. The molecule has 1 fully saturated rings. The first kappa shape index (κ1) is 14.5. The number of benzene rings is 1. The number of anilines is 1. The van der Waals surface area contributed by atoms with E-state index in [9.17, 15) is 5.26 Å². The van der Waals surface area contributed by atoms with E-state index in [-0.39, 0.29) is 0 Å². The zero-order valence-electron chi connectivity index (χ0n) is 13.1. The maximum Gasteiger partial charge on any atom is 0.224 e. The minimum Gasteiger partial charge on any atom is -0.439 e. The number of ether oxygens (including phenoxy) is 1. The molecule has 2 aromatic rings. The molecule has 114 valence electrons. The van der Waals surface area contributed by atoms with Crippen LogP contribution in [-0.2, 0) is 0 Å². The smallest absolute Gasteiger partial charge is 0.224 e. The second kappa shape index (κ2) is 5.76. The van der Waals surface area contributed by atoms with Crippen LogP contribution in [0, 0.1) is 25.2 Å². The molecule has 0 bridgehead atoms. The Bertz CT molecular complexity index is 734. The molecule has 1 aromatic heterocycles. The lowest BCUT2D eigenvalue weighted by atomic mass is 10.1. The molecule has 4 heteroatoms. The molecule has 4 nitrogen and oxygen atoms in total. The van der Waals surface area contributed by atoms with Crippen LogP contribution in [0.3, 0.4) is 0 Å². The van der Waals surface area contributed by atoms with Crippen LogP contribution in [0.15, 0.2) is 24.3 Å². The summed E-state index contributed by atoms with van der Waals surface area (Å²) in [6.45, 7) is 4.13. The van der Waals surface area contributed by atoms with Gasteiger partial charge in [-0.2, -0.15) is 5.26 Å². The Balaban J connectivity index is 2.00. The molecule has 1 aromatic carbocycles. The Morgan fingerprint density at radius 1 is 1.18 bits per heavy atom. The molecule has 22 heavy (non-hydrogen) atoms. The number of nitriles is 1. The summed E-state index contributed by atoms with van der Waals surface area (Å²) in [6.07, 6.45) is 4.53. The maximum absolute atomic E-state index is 9.38. The van der Waals surface area contributed by atoms with Gasteiger partial charge in [-0.1, -0.05) is 18.9 Å². The van der Waals surface area contributed by atoms with Gasteiger partial charge in [0.05, 0.1) is 5.69 Å². The van der Waals surface area contributed by atoms with Crippen molar-refractivity contribution in [3.05, 3.63) is 41.1 Å². The van der Waals surface area contributed by atoms with Gasteiger partial charge >= 0.3 is 0 Å². The third kappa shape index (κ3) is 2.55. The van der Waals surface area contributed by atoms with E-state index in [1.54, 1.807) is 6.07 Å². The largest absolute Gasteiger partial charge is 0.439 e. The minimum absolute atomic E-state index is 0.313. The molecule has 0 amide bonds. The SMILES string of the molecule is Cc1ccc(Oc2c(N)cc(C#N)n2C2CCCC2)cc1C. The monoisotopic (exact) mass is 295 g/mol. The highest BCUT2D eigenvalue weighted by Gasteiger charge is 2.25. The molecule has 0 radical (unpaired) electrons. The topological polar surface area (TPSA) is 64.0 Å². The number of nitrogens with zero attached hydrogens (tertiary/aromatic N) is 2. The molecule has 0 aliphatic heterocycles. The Kier molecular flexibility index (Phi) is 3.81. The van der Waals surface area contributed by atoms with E-state index in [4.69, 9.17) is 10.5 Å². The van der Waals surface area contributed by atoms with Gasteiger partial charge in [-0.15, -0.1) is 0 Å². The second-order valence-corrected chi connectivity index (χ2v) is 6.06. The number of nitrogen functional groups attached to an aromatic ring is 1. The molecule has 1 aliphatic rings. The van der Waals surface area contributed by atoms with Gasteiger partial charge in [0.2, 0.25) is 5.88 Å². The summed E-state index contributed by atoms with van der Waals surface area (Å²) >= 11 is 0. The van der Waals surface area contributed by atoms with Gasteiger partial charge in [-0.05, 0) is 49.9 Å². The van der Waals surface area contributed by atoms with Crippen LogP contribution in [0.5, 0.6) is 11.6 Å². The van der Waals surface area contributed by atoms with Gasteiger partial charge in [0, 0.05) is 12.1 Å². The van der Waals surface area contributed by atoms with Crippen LogP contribution in [0.2, 0.25) is 0 Å². The third-order valence-corrected chi connectivity index (χ3v) is 4.51. The van der Waals surface area contributed by atoms with Crippen molar-refractivity contribution in [2.24, 2.45) is 0 Å². The second-order valence-electron chi connectivity index (χ2n) is 6.06. The standard InChI is InChI=1S/C18H21N3O/c1-12-7-8-16(9-13(12)2)22-18-17(20)10-15(11-19)21(18)14-5-3-4-6-14/h7-10,14H,3-6,20H2,1-2H3.